The monoisotopic (exact) mass is 800 g/mol. The highest BCUT2D eigenvalue weighted by Gasteiger charge is 2.38. The number of rotatable bonds is 6. The molecule has 0 aliphatic carbocycles. The molecule has 10 heteroatoms. The average Bonchev–Trinajstić information content (AvgIpc) is 3.70. The number of amides is 2. The van der Waals surface area contributed by atoms with E-state index in [1.54, 1.807) is 32.5 Å². The van der Waals surface area contributed by atoms with Crippen LogP contribution >= 0.6 is 22.7 Å². The Bertz CT molecular complexity index is 2770. The van der Waals surface area contributed by atoms with Gasteiger partial charge in [-0.1, -0.05) is 97.1 Å². The Balaban J connectivity index is 0.000000150. The SMILES string of the molecule is CN1C(=O)[C@H](Cc2ccccc2)N[C@H]1c1ccc2sc3ccccc3c(=O)c2c1.CN1C(=O)[C@H](Cc2ccccc2)N[C@H]1c1ccc2sc3ccccc3c(=O)c2c1. The van der Waals surface area contributed by atoms with E-state index in [4.69, 9.17) is 0 Å². The Morgan fingerprint density at radius 3 is 1.22 bits per heavy atom. The minimum atomic E-state index is -0.269. The fraction of sp³-hybridized carbons (Fsp3) is 0.167. The van der Waals surface area contributed by atoms with Crippen LogP contribution in [-0.4, -0.2) is 47.8 Å². The lowest BCUT2D eigenvalue weighted by Crippen LogP contribution is -2.31. The maximum Gasteiger partial charge on any atom is 0.241 e. The summed E-state index contributed by atoms with van der Waals surface area (Å²) in [7, 11) is 3.63. The van der Waals surface area contributed by atoms with Crippen molar-refractivity contribution < 1.29 is 9.59 Å². The van der Waals surface area contributed by atoms with E-state index in [2.05, 4.69) is 10.6 Å². The first kappa shape index (κ1) is 37.5. The molecule has 2 N–H and O–H groups in total. The molecule has 8 aromatic rings. The van der Waals surface area contributed by atoms with Gasteiger partial charge in [-0.25, -0.2) is 0 Å². The van der Waals surface area contributed by atoms with Gasteiger partial charge in [-0.05, 0) is 83.6 Å². The van der Waals surface area contributed by atoms with Crippen LogP contribution in [0.25, 0.3) is 40.3 Å². The maximum absolute atomic E-state index is 13.0. The van der Waals surface area contributed by atoms with E-state index < -0.39 is 0 Å². The third-order valence-electron chi connectivity index (χ3n) is 11.2. The zero-order valence-corrected chi connectivity index (χ0v) is 33.6. The van der Waals surface area contributed by atoms with Crippen molar-refractivity contribution >= 4 is 74.8 Å². The molecule has 2 saturated heterocycles. The highest BCUT2D eigenvalue weighted by molar-refractivity contribution is 7.24. The molecular formula is C48H40N4O4S2. The fourth-order valence-electron chi connectivity index (χ4n) is 8.11. The molecule has 0 radical (unpaired) electrons. The zero-order chi connectivity index (χ0) is 39.9. The van der Waals surface area contributed by atoms with Crippen LogP contribution in [0.3, 0.4) is 0 Å². The molecule has 0 spiro atoms. The lowest BCUT2D eigenvalue weighted by Gasteiger charge is -2.20. The number of hydrogen-bond acceptors (Lipinski definition) is 8. The second-order valence-corrected chi connectivity index (χ2v) is 17.1. The molecule has 4 heterocycles. The first-order chi connectivity index (χ1) is 28.2. The molecule has 0 unspecified atom stereocenters. The van der Waals surface area contributed by atoms with Gasteiger partial charge in [0.2, 0.25) is 11.8 Å². The topological polar surface area (TPSA) is 98.8 Å². The highest BCUT2D eigenvalue weighted by Crippen LogP contribution is 2.32. The largest absolute Gasteiger partial charge is 0.325 e. The third kappa shape index (κ3) is 7.09. The fourth-order valence-corrected chi connectivity index (χ4v) is 10.2. The van der Waals surface area contributed by atoms with Crippen LogP contribution in [0, 0.1) is 0 Å². The number of fused-ring (bicyclic) bond motifs is 4. The Kier molecular flexibility index (Phi) is 10.2. The van der Waals surface area contributed by atoms with E-state index >= 15 is 0 Å². The number of nitrogens with zero attached hydrogens (tertiary/aromatic N) is 2. The predicted octanol–water partition coefficient (Wildman–Crippen LogP) is 8.17. The summed E-state index contributed by atoms with van der Waals surface area (Å²) in [5.74, 6) is 0.144. The summed E-state index contributed by atoms with van der Waals surface area (Å²) in [6, 6.07) is 46.8. The quantitative estimate of drug-likeness (QED) is 0.165. The summed E-state index contributed by atoms with van der Waals surface area (Å²) >= 11 is 3.24. The summed E-state index contributed by atoms with van der Waals surface area (Å²) in [5.41, 5.74) is 4.21. The van der Waals surface area contributed by atoms with E-state index in [0.717, 1.165) is 51.8 Å². The smallest absolute Gasteiger partial charge is 0.241 e. The molecule has 58 heavy (non-hydrogen) atoms. The molecule has 2 aliphatic rings. The summed E-state index contributed by atoms with van der Waals surface area (Å²) < 4.78 is 3.91. The van der Waals surface area contributed by atoms with Crippen LogP contribution in [0.4, 0.5) is 0 Å². The second-order valence-electron chi connectivity index (χ2n) is 14.9. The van der Waals surface area contributed by atoms with Gasteiger partial charge in [-0.2, -0.15) is 0 Å². The number of likely N-dealkylation sites (N-methyl/N-ethyl adjacent to an activating group) is 2. The Morgan fingerprint density at radius 2 is 0.810 bits per heavy atom. The molecule has 0 bridgehead atoms. The van der Waals surface area contributed by atoms with E-state index in [1.807, 2.05) is 160 Å². The van der Waals surface area contributed by atoms with Gasteiger partial charge in [-0.3, -0.25) is 29.8 Å². The maximum atomic E-state index is 13.0. The van der Waals surface area contributed by atoms with Crippen LogP contribution in [0.5, 0.6) is 0 Å². The average molecular weight is 801 g/mol. The van der Waals surface area contributed by atoms with Crippen molar-refractivity contribution in [3.63, 3.8) is 0 Å². The molecule has 6 aromatic carbocycles. The molecule has 288 valence electrons. The van der Waals surface area contributed by atoms with Gasteiger partial charge in [-0.15, -0.1) is 22.7 Å². The van der Waals surface area contributed by atoms with Crippen LogP contribution in [0.1, 0.15) is 34.6 Å². The molecule has 2 aliphatic heterocycles. The third-order valence-corrected chi connectivity index (χ3v) is 13.5. The van der Waals surface area contributed by atoms with Gasteiger partial charge in [0.05, 0.1) is 12.1 Å². The van der Waals surface area contributed by atoms with E-state index in [-0.39, 0.29) is 47.1 Å². The molecular weight excluding hydrogens is 761 g/mol. The predicted molar refractivity (Wildman–Crippen MR) is 236 cm³/mol. The standard InChI is InChI=1S/2C24H20N2O2S/c2*1-26-23(25-19(24(26)28)13-15-7-3-2-4-8-15)16-11-12-21-18(14-16)22(27)17-9-5-6-10-20(17)29-21/h2*2-12,14,19,23,25H,13H2,1H3/t2*19-,23+/m00/s1. The first-order valence-electron chi connectivity index (χ1n) is 19.3. The lowest BCUT2D eigenvalue weighted by atomic mass is 10.1. The van der Waals surface area contributed by atoms with Gasteiger partial charge in [0.15, 0.2) is 10.9 Å². The van der Waals surface area contributed by atoms with Crippen LogP contribution < -0.4 is 21.5 Å². The number of benzene rings is 6. The number of hydrogen-bond donors (Lipinski definition) is 2. The van der Waals surface area contributed by atoms with E-state index in [1.165, 1.54) is 0 Å². The van der Waals surface area contributed by atoms with Gasteiger partial charge in [0, 0.05) is 54.4 Å². The Labute approximate surface area is 343 Å². The van der Waals surface area contributed by atoms with E-state index in [9.17, 15) is 19.2 Å². The zero-order valence-electron chi connectivity index (χ0n) is 31.9. The van der Waals surface area contributed by atoms with Crippen molar-refractivity contribution in [1.29, 1.82) is 0 Å². The minimum absolute atomic E-state index is 0.0454. The minimum Gasteiger partial charge on any atom is -0.325 e. The van der Waals surface area contributed by atoms with Crippen molar-refractivity contribution in [2.45, 2.75) is 37.3 Å². The summed E-state index contributed by atoms with van der Waals surface area (Å²) in [4.78, 5) is 55.1. The molecule has 10 rings (SSSR count). The molecule has 2 amide bonds. The number of carbonyl (C=O) groups excluding carboxylic acids is 2. The van der Waals surface area contributed by atoms with Crippen LogP contribution in [0.15, 0.2) is 155 Å². The summed E-state index contributed by atoms with van der Waals surface area (Å²) in [5, 5.41) is 9.81. The number of nitrogens with one attached hydrogen (secondary N) is 2. The molecule has 4 atom stereocenters. The van der Waals surface area contributed by atoms with Crippen molar-refractivity contribution in [1.82, 2.24) is 20.4 Å². The summed E-state index contributed by atoms with van der Waals surface area (Å²) in [6.45, 7) is 0. The van der Waals surface area contributed by atoms with Crippen molar-refractivity contribution in [2.24, 2.45) is 0 Å². The molecule has 0 saturated carbocycles. The second kappa shape index (κ2) is 15.7. The van der Waals surface area contributed by atoms with Gasteiger partial charge in [0.25, 0.3) is 0 Å². The number of carbonyl (C=O) groups is 2. The van der Waals surface area contributed by atoms with Gasteiger partial charge in [0.1, 0.15) is 12.3 Å². The molecule has 2 aromatic heterocycles. The van der Waals surface area contributed by atoms with Crippen LogP contribution in [-0.2, 0) is 22.4 Å². The molecule has 8 nitrogen and oxygen atoms in total. The van der Waals surface area contributed by atoms with Gasteiger partial charge < -0.3 is 9.80 Å². The van der Waals surface area contributed by atoms with E-state index in [0.29, 0.717) is 23.6 Å². The highest BCUT2D eigenvalue weighted by atomic mass is 32.1. The lowest BCUT2D eigenvalue weighted by molar-refractivity contribution is -0.129. The first-order valence-corrected chi connectivity index (χ1v) is 20.9. The normalized spacial score (nSPS) is 19.3. The van der Waals surface area contributed by atoms with Crippen LogP contribution in [0.2, 0.25) is 0 Å². The van der Waals surface area contributed by atoms with Crippen molar-refractivity contribution in [3.05, 3.63) is 188 Å². The van der Waals surface area contributed by atoms with Crippen molar-refractivity contribution in [3.8, 4) is 0 Å². The molecule has 2 fully saturated rings. The Hall–Kier alpha value is -6.04. The van der Waals surface area contributed by atoms with Gasteiger partial charge >= 0.3 is 0 Å². The summed E-state index contributed by atoms with van der Waals surface area (Å²) in [6.07, 6.45) is 0.814. The van der Waals surface area contributed by atoms with Crippen molar-refractivity contribution in [2.75, 3.05) is 14.1 Å². The Morgan fingerprint density at radius 1 is 0.448 bits per heavy atom.